The summed E-state index contributed by atoms with van der Waals surface area (Å²) in [5.74, 6) is -1.10. The maximum atomic E-state index is 12.7. The van der Waals surface area contributed by atoms with Gasteiger partial charge < -0.3 is 19.6 Å². The molecule has 1 N–H and O–H groups in total. The quantitative estimate of drug-likeness (QED) is 0.608. The van der Waals surface area contributed by atoms with E-state index in [1.165, 1.54) is 4.90 Å². The molecule has 2 aromatic rings. The maximum absolute atomic E-state index is 12.7. The highest BCUT2D eigenvalue weighted by Gasteiger charge is 2.38. The minimum absolute atomic E-state index is 0.0419. The first kappa shape index (κ1) is 23.5. The number of amides is 2. The Morgan fingerprint density at radius 2 is 1.66 bits per heavy atom. The third-order valence-corrected chi connectivity index (χ3v) is 5.69. The summed E-state index contributed by atoms with van der Waals surface area (Å²) < 4.78 is 5.23. The van der Waals surface area contributed by atoms with Crippen LogP contribution in [0.15, 0.2) is 60.7 Å². The Bertz CT molecular complexity index is 903. The van der Waals surface area contributed by atoms with E-state index in [-0.39, 0.29) is 31.3 Å². The van der Waals surface area contributed by atoms with Crippen LogP contribution in [-0.2, 0) is 32.3 Å². The van der Waals surface area contributed by atoms with Crippen LogP contribution >= 0.6 is 0 Å². The van der Waals surface area contributed by atoms with Gasteiger partial charge in [0.1, 0.15) is 6.61 Å². The molecule has 0 aliphatic carbocycles. The molecule has 2 aromatic carbocycles. The van der Waals surface area contributed by atoms with Crippen molar-refractivity contribution in [3.63, 3.8) is 0 Å². The van der Waals surface area contributed by atoms with E-state index >= 15 is 0 Å². The molecule has 2 amide bonds. The Morgan fingerprint density at radius 3 is 2.31 bits per heavy atom. The fourth-order valence-corrected chi connectivity index (χ4v) is 3.90. The van der Waals surface area contributed by atoms with Gasteiger partial charge in [-0.15, -0.1) is 0 Å². The van der Waals surface area contributed by atoms with Crippen LogP contribution in [0.2, 0.25) is 0 Å². The molecule has 2 atom stereocenters. The lowest BCUT2D eigenvalue weighted by molar-refractivity contribution is -0.159. The summed E-state index contributed by atoms with van der Waals surface area (Å²) in [6.07, 6.45) is -0.0574. The number of esters is 1. The van der Waals surface area contributed by atoms with Crippen LogP contribution in [0.5, 0.6) is 0 Å². The number of nitrogens with zero attached hydrogens (tertiary/aromatic N) is 2. The highest BCUT2D eigenvalue weighted by Crippen LogP contribution is 2.23. The van der Waals surface area contributed by atoms with Crippen LogP contribution in [0.4, 0.5) is 0 Å². The lowest BCUT2D eigenvalue weighted by atomic mass is 10.1. The van der Waals surface area contributed by atoms with E-state index in [9.17, 15) is 19.5 Å². The number of carbonyl (C=O) groups is 3. The third kappa shape index (κ3) is 6.40. The van der Waals surface area contributed by atoms with E-state index in [1.54, 1.807) is 11.9 Å². The van der Waals surface area contributed by atoms with E-state index in [4.69, 9.17) is 4.74 Å². The Hall–Kier alpha value is -3.19. The second-order valence-corrected chi connectivity index (χ2v) is 8.07. The normalized spacial score (nSPS) is 16.4. The zero-order valence-electron chi connectivity index (χ0n) is 18.4. The molecular formula is C25H30N2O5. The molecule has 1 aliphatic rings. The molecule has 0 bridgehead atoms. The Kier molecular flexibility index (Phi) is 8.39. The molecule has 1 unspecified atom stereocenters. The van der Waals surface area contributed by atoms with E-state index in [1.807, 2.05) is 60.7 Å². The van der Waals surface area contributed by atoms with Crippen molar-refractivity contribution in [1.29, 1.82) is 0 Å². The molecule has 1 saturated heterocycles. The van der Waals surface area contributed by atoms with Gasteiger partial charge in [-0.1, -0.05) is 60.7 Å². The topological polar surface area (TPSA) is 87.2 Å². The lowest BCUT2D eigenvalue weighted by Crippen LogP contribution is -2.46. The second kappa shape index (κ2) is 11.4. The van der Waals surface area contributed by atoms with Gasteiger partial charge in [-0.25, -0.2) is 4.79 Å². The van der Waals surface area contributed by atoms with Crippen LogP contribution in [0.1, 0.15) is 36.8 Å². The monoisotopic (exact) mass is 438 g/mol. The first-order valence-corrected chi connectivity index (χ1v) is 10.9. The van der Waals surface area contributed by atoms with Gasteiger partial charge in [-0.05, 0) is 24.0 Å². The van der Waals surface area contributed by atoms with Crippen molar-refractivity contribution in [2.24, 2.45) is 0 Å². The fraction of sp³-hybridized carbons (Fsp3) is 0.400. The molecule has 0 spiro atoms. The minimum atomic E-state index is -1.40. The molecule has 1 aliphatic heterocycles. The number of rotatable bonds is 9. The zero-order chi connectivity index (χ0) is 22.9. The largest absolute Gasteiger partial charge is 0.459 e. The van der Waals surface area contributed by atoms with Crippen LogP contribution in [0.3, 0.4) is 0 Å². The Balaban J connectivity index is 1.47. The average Bonchev–Trinajstić information content (AvgIpc) is 3.31. The highest BCUT2D eigenvalue weighted by molar-refractivity contribution is 5.85. The SMILES string of the molecule is CN(Cc1ccccc1)C(=O)CCC(=O)N1CCC[C@H]1C(O)C(=O)OCc1ccccc1. The number of likely N-dealkylation sites (tertiary alicyclic amines) is 1. The molecule has 170 valence electrons. The number of ether oxygens (including phenoxy) is 1. The van der Waals surface area contributed by atoms with E-state index in [0.717, 1.165) is 11.1 Å². The summed E-state index contributed by atoms with van der Waals surface area (Å²) in [5, 5.41) is 10.5. The summed E-state index contributed by atoms with van der Waals surface area (Å²) in [6, 6.07) is 18.2. The molecule has 1 fully saturated rings. The van der Waals surface area contributed by atoms with Crippen LogP contribution in [-0.4, -0.2) is 58.4 Å². The number of aliphatic hydroxyl groups is 1. The average molecular weight is 439 g/mol. The number of hydrogen-bond acceptors (Lipinski definition) is 5. The van der Waals surface area contributed by atoms with Gasteiger partial charge in [0.2, 0.25) is 11.8 Å². The molecule has 7 heteroatoms. The standard InChI is InChI=1S/C25H30N2O5/c1-26(17-19-9-4-2-5-10-19)22(28)14-15-23(29)27-16-8-13-21(27)24(30)25(31)32-18-20-11-6-3-7-12-20/h2-7,9-12,21,24,30H,8,13-18H2,1H3/t21-,24?/m0/s1. The van der Waals surface area contributed by atoms with Crippen molar-refractivity contribution in [2.45, 2.75) is 51.0 Å². The number of aliphatic hydroxyl groups excluding tert-OH is 1. The summed E-state index contributed by atoms with van der Waals surface area (Å²) in [5.41, 5.74) is 1.84. The molecule has 0 saturated carbocycles. The molecule has 1 heterocycles. The van der Waals surface area contributed by atoms with Crippen molar-refractivity contribution in [3.8, 4) is 0 Å². The summed E-state index contributed by atoms with van der Waals surface area (Å²) in [7, 11) is 1.71. The van der Waals surface area contributed by atoms with Crippen LogP contribution in [0.25, 0.3) is 0 Å². The van der Waals surface area contributed by atoms with Crippen molar-refractivity contribution >= 4 is 17.8 Å². The molecule has 0 aromatic heterocycles. The highest BCUT2D eigenvalue weighted by atomic mass is 16.5. The van der Waals surface area contributed by atoms with Gasteiger partial charge in [-0.3, -0.25) is 9.59 Å². The number of hydrogen-bond donors (Lipinski definition) is 1. The van der Waals surface area contributed by atoms with E-state index in [2.05, 4.69) is 0 Å². The Morgan fingerprint density at radius 1 is 1.03 bits per heavy atom. The molecule has 32 heavy (non-hydrogen) atoms. The predicted molar refractivity (Wildman–Crippen MR) is 119 cm³/mol. The van der Waals surface area contributed by atoms with Crippen LogP contribution < -0.4 is 0 Å². The fourth-order valence-electron chi connectivity index (χ4n) is 3.90. The molecule has 7 nitrogen and oxygen atoms in total. The van der Waals surface area contributed by atoms with Gasteiger partial charge in [0.05, 0.1) is 6.04 Å². The van der Waals surface area contributed by atoms with Crippen molar-refractivity contribution < 1.29 is 24.2 Å². The zero-order valence-corrected chi connectivity index (χ0v) is 18.4. The van der Waals surface area contributed by atoms with E-state index < -0.39 is 18.1 Å². The van der Waals surface area contributed by atoms with Crippen molar-refractivity contribution in [1.82, 2.24) is 9.80 Å². The maximum Gasteiger partial charge on any atom is 0.337 e. The smallest absolute Gasteiger partial charge is 0.337 e. The summed E-state index contributed by atoms with van der Waals surface area (Å²) in [4.78, 5) is 40.6. The number of benzene rings is 2. The molecule has 0 radical (unpaired) electrons. The first-order chi connectivity index (χ1) is 15.5. The van der Waals surface area contributed by atoms with Crippen molar-refractivity contribution in [3.05, 3.63) is 71.8 Å². The van der Waals surface area contributed by atoms with Crippen molar-refractivity contribution in [2.75, 3.05) is 13.6 Å². The molecular weight excluding hydrogens is 408 g/mol. The van der Waals surface area contributed by atoms with Gasteiger partial charge >= 0.3 is 5.97 Å². The first-order valence-electron chi connectivity index (χ1n) is 10.9. The van der Waals surface area contributed by atoms with Gasteiger partial charge in [0.15, 0.2) is 6.10 Å². The Labute approximate surface area is 188 Å². The van der Waals surface area contributed by atoms with Gasteiger partial charge in [0.25, 0.3) is 0 Å². The van der Waals surface area contributed by atoms with Crippen LogP contribution in [0, 0.1) is 0 Å². The van der Waals surface area contributed by atoms with E-state index in [0.29, 0.717) is 25.9 Å². The minimum Gasteiger partial charge on any atom is -0.459 e. The summed E-state index contributed by atoms with van der Waals surface area (Å²) >= 11 is 0. The number of carbonyl (C=O) groups excluding carboxylic acids is 3. The lowest BCUT2D eigenvalue weighted by Gasteiger charge is -2.28. The second-order valence-electron chi connectivity index (χ2n) is 8.07. The van der Waals surface area contributed by atoms with Gasteiger partial charge in [-0.2, -0.15) is 0 Å². The third-order valence-electron chi connectivity index (χ3n) is 5.69. The molecule has 3 rings (SSSR count). The van der Waals surface area contributed by atoms with Gasteiger partial charge in [0, 0.05) is 33.0 Å². The summed E-state index contributed by atoms with van der Waals surface area (Å²) in [6.45, 7) is 1.01. The predicted octanol–water partition coefficient (Wildman–Crippen LogP) is 2.52.